The van der Waals surface area contributed by atoms with Crippen LogP contribution < -0.4 is 5.32 Å². The molecule has 0 amide bonds. The Morgan fingerprint density at radius 1 is 1.16 bits per heavy atom. The molecule has 5 heteroatoms. The summed E-state index contributed by atoms with van der Waals surface area (Å²) >= 11 is 0. The van der Waals surface area contributed by atoms with Crippen molar-refractivity contribution in [3.05, 3.63) is 48.2 Å². The molecule has 19 heavy (non-hydrogen) atoms. The van der Waals surface area contributed by atoms with E-state index in [1.165, 1.54) is 0 Å². The van der Waals surface area contributed by atoms with Gasteiger partial charge in [-0.1, -0.05) is 24.3 Å². The van der Waals surface area contributed by atoms with E-state index in [2.05, 4.69) is 32.6 Å². The standard InChI is InChI=1S/C14H15N5/c1-15-14-11-6-4-3-5-10(11)12(17-18-14)9-13-16-7-8-19(13)2/h3-8H,9H2,1-2H3,(H,15,18). The summed E-state index contributed by atoms with van der Waals surface area (Å²) in [5.74, 6) is 1.79. The molecular formula is C14H15N5. The summed E-state index contributed by atoms with van der Waals surface area (Å²) in [7, 11) is 3.84. The van der Waals surface area contributed by atoms with Crippen LogP contribution in [-0.4, -0.2) is 26.8 Å². The summed E-state index contributed by atoms with van der Waals surface area (Å²) < 4.78 is 2.00. The number of hydrogen-bond acceptors (Lipinski definition) is 4. The van der Waals surface area contributed by atoms with Gasteiger partial charge in [-0.2, -0.15) is 5.10 Å². The van der Waals surface area contributed by atoms with Gasteiger partial charge in [-0.25, -0.2) is 4.98 Å². The highest BCUT2D eigenvalue weighted by atomic mass is 15.2. The Morgan fingerprint density at radius 2 is 1.95 bits per heavy atom. The summed E-state index contributed by atoms with van der Waals surface area (Å²) in [5.41, 5.74) is 0.948. The zero-order chi connectivity index (χ0) is 13.2. The van der Waals surface area contributed by atoms with Gasteiger partial charge in [0.1, 0.15) is 5.82 Å². The first kappa shape index (κ1) is 11.6. The largest absolute Gasteiger partial charge is 0.371 e. The van der Waals surface area contributed by atoms with Crippen molar-refractivity contribution in [3.8, 4) is 0 Å². The molecule has 0 aliphatic carbocycles. The summed E-state index contributed by atoms with van der Waals surface area (Å²) in [5, 5.41) is 13.8. The quantitative estimate of drug-likeness (QED) is 0.775. The van der Waals surface area contributed by atoms with Crippen molar-refractivity contribution in [3.63, 3.8) is 0 Å². The van der Waals surface area contributed by atoms with Gasteiger partial charge in [0.05, 0.1) is 12.1 Å². The third kappa shape index (κ3) is 2.03. The highest BCUT2D eigenvalue weighted by Crippen LogP contribution is 2.23. The number of benzene rings is 1. The van der Waals surface area contributed by atoms with E-state index in [0.29, 0.717) is 6.42 Å². The molecular weight excluding hydrogens is 238 g/mol. The maximum absolute atomic E-state index is 4.34. The normalized spacial score (nSPS) is 10.8. The minimum atomic E-state index is 0.682. The van der Waals surface area contributed by atoms with E-state index in [0.717, 1.165) is 28.1 Å². The van der Waals surface area contributed by atoms with Crippen LogP contribution in [-0.2, 0) is 13.5 Å². The Labute approximate surface area is 111 Å². The van der Waals surface area contributed by atoms with E-state index in [-0.39, 0.29) is 0 Å². The second-order valence-electron chi connectivity index (χ2n) is 4.42. The first-order valence-electron chi connectivity index (χ1n) is 6.18. The van der Waals surface area contributed by atoms with Crippen molar-refractivity contribution in [2.75, 3.05) is 12.4 Å². The zero-order valence-corrected chi connectivity index (χ0v) is 11.0. The monoisotopic (exact) mass is 253 g/mol. The number of anilines is 1. The molecule has 2 heterocycles. The van der Waals surface area contributed by atoms with Crippen LogP contribution >= 0.6 is 0 Å². The van der Waals surface area contributed by atoms with Gasteiger partial charge in [0, 0.05) is 37.3 Å². The Balaban J connectivity index is 2.12. The molecule has 0 aliphatic heterocycles. The van der Waals surface area contributed by atoms with Crippen molar-refractivity contribution in [1.29, 1.82) is 0 Å². The maximum Gasteiger partial charge on any atom is 0.156 e. The molecule has 0 spiro atoms. The van der Waals surface area contributed by atoms with Crippen LogP contribution in [0.1, 0.15) is 11.5 Å². The first-order valence-corrected chi connectivity index (χ1v) is 6.18. The molecule has 0 radical (unpaired) electrons. The molecule has 0 atom stereocenters. The van der Waals surface area contributed by atoms with Gasteiger partial charge in [0.25, 0.3) is 0 Å². The minimum absolute atomic E-state index is 0.682. The third-order valence-corrected chi connectivity index (χ3v) is 3.25. The molecule has 3 aromatic rings. The van der Waals surface area contributed by atoms with Crippen LogP contribution in [0.25, 0.3) is 10.8 Å². The predicted molar refractivity (Wildman–Crippen MR) is 75.1 cm³/mol. The Bertz CT molecular complexity index is 717. The molecule has 96 valence electrons. The molecule has 0 aliphatic rings. The second-order valence-corrected chi connectivity index (χ2v) is 4.42. The van der Waals surface area contributed by atoms with Gasteiger partial charge >= 0.3 is 0 Å². The van der Waals surface area contributed by atoms with Gasteiger partial charge < -0.3 is 9.88 Å². The van der Waals surface area contributed by atoms with E-state index in [1.54, 1.807) is 6.20 Å². The Morgan fingerprint density at radius 3 is 2.63 bits per heavy atom. The number of nitrogens with one attached hydrogen (secondary N) is 1. The maximum atomic E-state index is 4.34. The van der Waals surface area contributed by atoms with E-state index < -0.39 is 0 Å². The van der Waals surface area contributed by atoms with Crippen LogP contribution in [0.2, 0.25) is 0 Å². The second kappa shape index (κ2) is 4.68. The van der Waals surface area contributed by atoms with E-state index in [1.807, 2.05) is 37.0 Å². The van der Waals surface area contributed by atoms with Crippen molar-refractivity contribution in [1.82, 2.24) is 19.7 Å². The van der Waals surface area contributed by atoms with E-state index in [9.17, 15) is 0 Å². The number of fused-ring (bicyclic) bond motifs is 1. The number of rotatable bonds is 3. The van der Waals surface area contributed by atoms with Crippen molar-refractivity contribution >= 4 is 16.6 Å². The van der Waals surface area contributed by atoms with Gasteiger partial charge in [0.15, 0.2) is 5.82 Å². The van der Waals surface area contributed by atoms with Crippen LogP contribution in [0.3, 0.4) is 0 Å². The molecule has 0 bridgehead atoms. The molecule has 1 N–H and O–H groups in total. The summed E-state index contributed by atoms with van der Waals surface area (Å²) in [6.07, 6.45) is 4.42. The predicted octanol–water partition coefficient (Wildman–Crippen LogP) is 2.00. The topological polar surface area (TPSA) is 55.6 Å². The fourth-order valence-electron chi connectivity index (χ4n) is 2.19. The average Bonchev–Trinajstić information content (AvgIpc) is 2.85. The van der Waals surface area contributed by atoms with Crippen LogP contribution in [0.4, 0.5) is 5.82 Å². The fraction of sp³-hybridized carbons (Fsp3) is 0.214. The van der Waals surface area contributed by atoms with E-state index in [4.69, 9.17) is 0 Å². The fourth-order valence-corrected chi connectivity index (χ4v) is 2.19. The van der Waals surface area contributed by atoms with Crippen molar-refractivity contribution in [2.45, 2.75) is 6.42 Å². The third-order valence-electron chi connectivity index (χ3n) is 3.25. The molecule has 0 unspecified atom stereocenters. The Kier molecular flexibility index (Phi) is 2.87. The number of aryl methyl sites for hydroxylation is 1. The molecule has 0 saturated heterocycles. The smallest absolute Gasteiger partial charge is 0.156 e. The summed E-state index contributed by atoms with van der Waals surface area (Å²) in [4.78, 5) is 4.34. The lowest BCUT2D eigenvalue weighted by molar-refractivity contribution is 0.804. The molecule has 5 nitrogen and oxygen atoms in total. The van der Waals surface area contributed by atoms with Crippen molar-refractivity contribution < 1.29 is 0 Å². The van der Waals surface area contributed by atoms with Crippen LogP contribution in [0.15, 0.2) is 36.7 Å². The van der Waals surface area contributed by atoms with Crippen LogP contribution in [0, 0.1) is 0 Å². The van der Waals surface area contributed by atoms with Gasteiger partial charge in [-0.15, -0.1) is 5.10 Å². The van der Waals surface area contributed by atoms with Gasteiger partial charge in [-0.3, -0.25) is 0 Å². The highest BCUT2D eigenvalue weighted by Gasteiger charge is 2.10. The lowest BCUT2D eigenvalue weighted by atomic mass is 10.1. The molecule has 3 rings (SSSR count). The van der Waals surface area contributed by atoms with E-state index >= 15 is 0 Å². The number of aromatic nitrogens is 4. The SMILES string of the molecule is CNc1nnc(Cc2nccn2C)c2ccccc12. The molecule has 0 fully saturated rings. The number of nitrogens with zero attached hydrogens (tertiary/aromatic N) is 4. The minimum Gasteiger partial charge on any atom is -0.371 e. The molecule has 1 aromatic carbocycles. The number of imidazole rings is 1. The summed E-state index contributed by atoms with van der Waals surface area (Å²) in [6, 6.07) is 8.15. The molecule has 2 aromatic heterocycles. The Hall–Kier alpha value is -2.43. The lowest BCUT2D eigenvalue weighted by Gasteiger charge is -2.08. The van der Waals surface area contributed by atoms with Crippen molar-refractivity contribution in [2.24, 2.45) is 7.05 Å². The summed E-state index contributed by atoms with van der Waals surface area (Å²) in [6.45, 7) is 0. The van der Waals surface area contributed by atoms with Crippen LogP contribution in [0.5, 0.6) is 0 Å². The molecule has 0 saturated carbocycles. The zero-order valence-electron chi connectivity index (χ0n) is 11.0. The van der Waals surface area contributed by atoms with Gasteiger partial charge in [-0.05, 0) is 0 Å². The highest BCUT2D eigenvalue weighted by molar-refractivity contribution is 5.93. The number of hydrogen-bond donors (Lipinski definition) is 1. The van der Waals surface area contributed by atoms with Gasteiger partial charge in [0.2, 0.25) is 0 Å². The first-order chi connectivity index (χ1) is 9.29. The average molecular weight is 253 g/mol. The lowest BCUT2D eigenvalue weighted by Crippen LogP contribution is -2.04.